The first-order valence-electron chi connectivity index (χ1n) is 10.6. The van der Waals surface area contributed by atoms with Gasteiger partial charge in [0.2, 0.25) is 0 Å². The Morgan fingerprint density at radius 1 is 1.03 bits per heavy atom. The van der Waals surface area contributed by atoms with Gasteiger partial charge in [-0.15, -0.1) is 24.0 Å². The normalized spacial score (nSPS) is 14.7. The second kappa shape index (κ2) is 12.3. The Morgan fingerprint density at radius 2 is 1.84 bits per heavy atom. The van der Waals surface area contributed by atoms with Crippen LogP contribution in [0.1, 0.15) is 24.2 Å². The monoisotopic (exact) mass is 531 g/mol. The van der Waals surface area contributed by atoms with Crippen LogP contribution in [0.25, 0.3) is 0 Å². The molecule has 7 heteroatoms. The zero-order valence-electron chi connectivity index (χ0n) is 17.6. The van der Waals surface area contributed by atoms with E-state index in [-0.39, 0.29) is 24.0 Å². The molecule has 1 aliphatic rings. The van der Waals surface area contributed by atoms with Gasteiger partial charge in [0.25, 0.3) is 0 Å². The average Bonchev–Trinajstić information content (AvgIpc) is 3.33. The Balaban J connectivity index is 0.00000272. The maximum absolute atomic E-state index is 5.44. The second-order valence-electron chi connectivity index (χ2n) is 7.50. The molecule has 2 aromatic heterocycles. The van der Waals surface area contributed by atoms with Crippen molar-refractivity contribution in [3.05, 3.63) is 84.4 Å². The summed E-state index contributed by atoms with van der Waals surface area (Å²) in [5.41, 5.74) is 1.20. The fraction of sp³-hybridized carbons (Fsp3) is 0.333. The molecule has 3 heterocycles. The molecule has 0 aliphatic carbocycles. The van der Waals surface area contributed by atoms with Gasteiger partial charge in [-0.2, -0.15) is 0 Å². The van der Waals surface area contributed by atoms with E-state index in [0.717, 1.165) is 56.4 Å². The summed E-state index contributed by atoms with van der Waals surface area (Å²) in [4.78, 5) is 11.6. The highest BCUT2D eigenvalue weighted by molar-refractivity contribution is 14.0. The van der Waals surface area contributed by atoms with Crippen molar-refractivity contribution in [2.45, 2.75) is 31.8 Å². The number of nitrogens with one attached hydrogen (secondary N) is 2. The Labute approximate surface area is 201 Å². The summed E-state index contributed by atoms with van der Waals surface area (Å²) in [6, 6.07) is 20.8. The van der Waals surface area contributed by atoms with E-state index in [1.54, 1.807) is 6.26 Å². The van der Waals surface area contributed by atoms with Crippen LogP contribution in [0.4, 0.5) is 5.82 Å². The highest BCUT2D eigenvalue weighted by Gasteiger charge is 2.20. The summed E-state index contributed by atoms with van der Waals surface area (Å²) in [7, 11) is 0. The SMILES string of the molecule is I.c1ccc(CN=C(NCCc2ccco2)NC2CCN(c3ccccn3)CC2)cc1. The predicted molar refractivity (Wildman–Crippen MR) is 136 cm³/mol. The van der Waals surface area contributed by atoms with Gasteiger partial charge in [-0.25, -0.2) is 9.98 Å². The highest BCUT2D eigenvalue weighted by atomic mass is 127. The summed E-state index contributed by atoms with van der Waals surface area (Å²) in [6.45, 7) is 3.42. The molecule has 31 heavy (non-hydrogen) atoms. The van der Waals surface area contributed by atoms with Gasteiger partial charge in [-0.05, 0) is 42.7 Å². The molecule has 1 saturated heterocycles. The molecule has 0 unspecified atom stereocenters. The number of anilines is 1. The smallest absolute Gasteiger partial charge is 0.191 e. The number of guanidine groups is 1. The molecule has 0 radical (unpaired) electrons. The first-order chi connectivity index (χ1) is 14.9. The molecule has 1 aliphatic heterocycles. The van der Waals surface area contributed by atoms with Crippen LogP contribution in [0.5, 0.6) is 0 Å². The number of piperidine rings is 1. The fourth-order valence-electron chi connectivity index (χ4n) is 3.65. The maximum Gasteiger partial charge on any atom is 0.191 e. The Bertz CT molecular complexity index is 894. The molecular formula is C24H30IN5O. The maximum atomic E-state index is 5.44. The van der Waals surface area contributed by atoms with E-state index >= 15 is 0 Å². The van der Waals surface area contributed by atoms with Crippen molar-refractivity contribution in [2.24, 2.45) is 4.99 Å². The van der Waals surface area contributed by atoms with E-state index in [4.69, 9.17) is 9.41 Å². The van der Waals surface area contributed by atoms with Gasteiger partial charge < -0.3 is 20.0 Å². The topological polar surface area (TPSA) is 65.7 Å². The van der Waals surface area contributed by atoms with Crippen molar-refractivity contribution in [3.8, 4) is 0 Å². The van der Waals surface area contributed by atoms with Crippen molar-refractivity contribution in [1.82, 2.24) is 15.6 Å². The second-order valence-corrected chi connectivity index (χ2v) is 7.50. The van der Waals surface area contributed by atoms with Crippen LogP contribution >= 0.6 is 24.0 Å². The van der Waals surface area contributed by atoms with Gasteiger partial charge in [0.05, 0.1) is 12.8 Å². The number of furan rings is 1. The third-order valence-electron chi connectivity index (χ3n) is 5.32. The van der Waals surface area contributed by atoms with Gasteiger partial charge >= 0.3 is 0 Å². The number of hydrogen-bond donors (Lipinski definition) is 2. The molecular weight excluding hydrogens is 501 g/mol. The Kier molecular flexibility index (Phi) is 9.20. The van der Waals surface area contributed by atoms with Crippen LogP contribution in [-0.4, -0.2) is 36.6 Å². The minimum atomic E-state index is 0. The van der Waals surface area contributed by atoms with Gasteiger partial charge in [0.15, 0.2) is 5.96 Å². The van der Waals surface area contributed by atoms with E-state index in [2.05, 4.69) is 50.8 Å². The van der Waals surface area contributed by atoms with Crippen molar-refractivity contribution in [1.29, 1.82) is 0 Å². The number of rotatable bonds is 7. The molecule has 2 N–H and O–H groups in total. The minimum absolute atomic E-state index is 0. The summed E-state index contributed by atoms with van der Waals surface area (Å²) in [5, 5.41) is 7.11. The number of nitrogens with zero attached hydrogens (tertiary/aromatic N) is 3. The summed E-state index contributed by atoms with van der Waals surface area (Å²) in [5.74, 6) is 2.90. The third kappa shape index (κ3) is 7.27. The molecule has 164 valence electrons. The van der Waals surface area contributed by atoms with Crippen LogP contribution < -0.4 is 15.5 Å². The molecule has 0 spiro atoms. The number of aromatic nitrogens is 1. The molecule has 0 atom stereocenters. The predicted octanol–water partition coefficient (Wildman–Crippen LogP) is 4.24. The highest BCUT2D eigenvalue weighted by Crippen LogP contribution is 2.17. The van der Waals surface area contributed by atoms with Crippen molar-refractivity contribution >= 4 is 35.8 Å². The molecule has 0 saturated carbocycles. The van der Waals surface area contributed by atoms with E-state index in [1.807, 2.05) is 36.5 Å². The van der Waals surface area contributed by atoms with Crippen LogP contribution in [-0.2, 0) is 13.0 Å². The molecule has 6 nitrogen and oxygen atoms in total. The van der Waals surface area contributed by atoms with E-state index in [0.29, 0.717) is 12.6 Å². The Hall–Kier alpha value is -2.55. The van der Waals surface area contributed by atoms with E-state index < -0.39 is 0 Å². The lowest BCUT2D eigenvalue weighted by molar-refractivity contribution is 0.458. The first kappa shape index (κ1) is 23.1. The number of aliphatic imine (C=N–C) groups is 1. The number of pyridine rings is 1. The summed E-state index contributed by atoms with van der Waals surface area (Å²) in [6.07, 6.45) is 6.52. The fourth-order valence-corrected chi connectivity index (χ4v) is 3.65. The van der Waals surface area contributed by atoms with Gasteiger partial charge in [0, 0.05) is 38.3 Å². The molecule has 1 fully saturated rings. The summed E-state index contributed by atoms with van der Waals surface area (Å²) >= 11 is 0. The van der Waals surface area contributed by atoms with E-state index in [1.165, 1.54) is 5.56 Å². The molecule has 0 amide bonds. The lowest BCUT2D eigenvalue weighted by Gasteiger charge is -2.33. The lowest BCUT2D eigenvalue weighted by atomic mass is 10.1. The average molecular weight is 531 g/mol. The lowest BCUT2D eigenvalue weighted by Crippen LogP contribution is -2.49. The number of halogens is 1. The zero-order valence-corrected chi connectivity index (χ0v) is 19.9. The van der Waals surface area contributed by atoms with Crippen molar-refractivity contribution in [3.63, 3.8) is 0 Å². The van der Waals surface area contributed by atoms with Crippen LogP contribution in [0.3, 0.4) is 0 Å². The Morgan fingerprint density at radius 3 is 2.55 bits per heavy atom. The van der Waals surface area contributed by atoms with Crippen LogP contribution in [0.15, 0.2) is 82.5 Å². The van der Waals surface area contributed by atoms with Crippen LogP contribution in [0.2, 0.25) is 0 Å². The quantitative estimate of drug-likeness (QED) is 0.271. The van der Waals surface area contributed by atoms with Crippen molar-refractivity contribution < 1.29 is 4.42 Å². The summed E-state index contributed by atoms with van der Waals surface area (Å²) < 4.78 is 5.44. The minimum Gasteiger partial charge on any atom is -0.469 e. The van der Waals surface area contributed by atoms with Crippen molar-refractivity contribution in [2.75, 3.05) is 24.5 Å². The van der Waals surface area contributed by atoms with Gasteiger partial charge in [-0.1, -0.05) is 36.4 Å². The molecule has 4 rings (SSSR count). The first-order valence-corrected chi connectivity index (χ1v) is 10.6. The number of benzene rings is 1. The molecule has 3 aromatic rings. The molecule has 0 bridgehead atoms. The standard InChI is InChI=1S/C24H29N5O.HI/c1-2-7-20(8-3-1)19-27-24(26-15-11-22-9-6-18-30-22)28-21-12-16-29(17-13-21)23-10-4-5-14-25-23;/h1-10,14,18,21H,11-13,15-17,19H2,(H2,26,27,28);1H. The zero-order chi connectivity index (χ0) is 20.4. The van der Waals surface area contributed by atoms with E-state index in [9.17, 15) is 0 Å². The van der Waals surface area contributed by atoms with Gasteiger partial charge in [-0.3, -0.25) is 0 Å². The van der Waals surface area contributed by atoms with Crippen LogP contribution in [0, 0.1) is 0 Å². The largest absolute Gasteiger partial charge is 0.469 e. The van der Waals surface area contributed by atoms with Gasteiger partial charge in [0.1, 0.15) is 11.6 Å². The number of hydrogen-bond acceptors (Lipinski definition) is 4. The molecule has 1 aromatic carbocycles. The third-order valence-corrected chi connectivity index (χ3v) is 5.32.